The summed E-state index contributed by atoms with van der Waals surface area (Å²) in [5.74, 6) is -0.545. The zero-order valence-electron chi connectivity index (χ0n) is 13.8. The number of fused-ring (bicyclic) bond motifs is 1. The van der Waals surface area contributed by atoms with Crippen LogP contribution in [0.25, 0.3) is 11.0 Å². The number of benzene rings is 1. The van der Waals surface area contributed by atoms with E-state index in [-0.39, 0.29) is 18.8 Å². The normalized spacial score (nSPS) is 18.3. The van der Waals surface area contributed by atoms with Gasteiger partial charge >= 0.3 is 6.18 Å². The first-order valence-electron chi connectivity index (χ1n) is 8.08. The Bertz CT molecular complexity index is 847. The Balaban J connectivity index is 1.69. The second-order valence-electron chi connectivity index (χ2n) is 6.08. The second-order valence-corrected chi connectivity index (χ2v) is 7.88. The number of halogens is 3. The van der Waals surface area contributed by atoms with Gasteiger partial charge in [0.15, 0.2) is 5.58 Å². The fraction of sp³-hybridized carbons (Fsp3) is 0.533. The minimum absolute atomic E-state index is 0.166. The van der Waals surface area contributed by atoms with Gasteiger partial charge in [0.2, 0.25) is 10.0 Å². The minimum atomic E-state index is -4.53. The lowest BCUT2D eigenvalue weighted by Gasteiger charge is -2.35. The number of rotatable bonds is 6. The second kappa shape index (κ2) is 7.51. The van der Waals surface area contributed by atoms with Gasteiger partial charge in [-0.05, 0) is 12.1 Å². The zero-order valence-corrected chi connectivity index (χ0v) is 14.6. The van der Waals surface area contributed by atoms with Gasteiger partial charge in [-0.1, -0.05) is 17.3 Å². The number of para-hydroxylation sites is 1. The summed E-state index contributed by atoms with van der Waals surface area (Å²) in [5.41, 5.74) is 0.588. The molecule has 2 heterocycles. The molecule has 1 aliphatic rings. The highest BCUT2D eigenvalue weighted by atomic mass is 32.2. The summed E-state index contributed by atoms with van der Waals surface area (Å²) in [6.07, 6.45) is -4.53. The van der Waals surface area contributed by atoms with Gasteiger partial charge in [-0.25, -0.2) is 13.1 Å². The molecule has 7 nitrogen and oxygen atoms in total. The van der Waals surface area contributed by atoms with Crippen LogP contribution in [-0.2, 0) is 15.8 Å². The Morgan fingerprint density at radius 1 is 1.27 bits per heavy atom. The number of alkyl halides is 3. The Kier molecular flexibility index (Phi) is 5.51. The number of aromatic nitrogens is 1. The van der Waals surface area contributed by atoms with Gasteiger partial charge in [0.25, 0.3) is 0 Å². The molecule has 0 amide bonds. The zero-order chi connectivity index (χ0) is 18.8. The van der Waals surface area contributed by atoms with Gasteiger partial charge in [-0.2, -0.15) is 13.2 Å². The average molecular weight is 392 g/mol. The van der Waals surface area contributed by atoms with Crippen molar-refractivity contribution >= 4 is 21.0 Å². The number of nitrogens with one attached hydrogen (secondary N) is 2. The summed E-state index contributed by atoms with van der Waals surface area (Å²) in [7, 11) is -4.00. The maximum atomic E-state index is 13.3. The van der Waals surface area contributed by atoms with Crippen molar-refractivity contribution in [2.75, 3.05) is 32.7 Å². The molecule has 1 atom stereocenters. The third-order valence-corrected chi connectivity index (χ3v) is 5.51. The SMILES string of the molecule is O=S(=O)(Cc1noc2ccccc12)NCC(N1CCNCC1)C(F)(F)F. The van der Waals surface area contributed by atoms with Gasteiger partial charge in [-0.3, -0.25) is 4.90 Å². The summed E-state index contributed by atoms with van der Waals surface area (Å²) < 4.78 is 71.7. The highest BCUT2D eigenvalue weighted by Crippen LogP contribution is 2.25. The van der Waals surface area contributed by atoms with Crippen molar-refractivity contribution in [2.24, 2.45) is 0 Å². The molecule has 1 saturated heterocycles. The van der Waals surface area contributed by atoms with Crippen molar-refractivity contribution in [3.05, 3.63) is 30.0 Å². The highest BCUT2D eigenvalue weighted by Gasteiger charge is 2.44. The minimum Gasteiger partial charge on any atom is -0.356 e. The molecule has 0 saturated carbocycles. The molecule has 3 rings (SSSR count). The summed E-state index contributed by atoms with van der Waals surface area (Å²) in [5, 5.41) is 7.21. The van der Waals surface area contributed by atoms with E-state index in [0.717, 1.165) is 0 Å². The smallest absolute Gasteiger partial charge is 0.356 e. The van der Waals surface area contributed by atoms with E-state index in [1.807, 2.05) is 0 Å². The van der Waals surface area contributed by atoms with E-state index in [0.29, 0.717) is 24.1 Å². The highest BCUT2D eigenvalue weighted by molar-refractivity contribution is 7.88. The van der Waals surface area contributed by atoms with Gasteiger partial charge in [0.05, 0.1) is 0 Å². The molecule has 2 aromatic rings. The molecule has 0 bridgehead atoms. The van der Waals surface area contributed by atoms with Crippen LogP contribution in [0, 0.1) is 0 Å². The predicted octanol–water partition coefficient (Wildman–Crippen LogP) is 1.08. The Morgan fingerprint density at radius 2 is 1.96 bits per heavy atom. The topological polar surface area (TPSA) is 87.5 Å². The number of nitrogens with zero attached hydrogens (tertiary/aromatic N) is 2. The Hall–Kier alpha value is -1.69. The third kappa shape index (κ3) is 4.53. The number of hydrogen-bond donors (Lipinski definition) is 2. The molecular formula is C15H19F3N4O3S. The summed E-state index contributed by atoms with van der Waals surface area (Å²) in [6, 6.07) is 4.83. The molecule has 1 fully saturated rings. The van der Waals surface area contributed by atoms with Crippen molar-refractivity contribution in [3.63, 3.8) is 0 Å². The standard InChI is InChI=1S/C15H19F3N4O3S/c16-15(17,18)14(22-7-5-19-6-8-22)9-20-26(23,24)10-12-11-3-1-2-4-13(11)25-21-12/h1-4,14,19-20H,5-10H2. The molecule has 11 heteroatoms. The molecule has 0 aliphatic carbocycles. The van der Waals surface area contributed by atoms with Crippen LogP contribution in [0.5, 0.6) is 0 Å². The van der Waals surface area contributed by atoms with Crippen LogP contribution < -0.4 is 10.0 Å². The van der Waals surface area contributed by atoms with Crippen LogP contribution in [0.1, 0.15) is 5.69 Å². The number of hydrogen-bond acceptors (Lipinski definition) is 6. The first-order chi connectivity index (χ1) is 12.3. The quantitative estimate of drug-likeness (QED) is 0.765. The van der Waals surface area contributed by atoms with E-state index < -0.39 is 34.5 Å². The van der Waals surface area contributed by atoms with E-state index >= 15 is 0 Å². The molecule has 0 radical (unpaired) electrons. The van der Waals surface area contributed by atoms with Crippen molar-refractivity contribution in [1.29, 1.82) is 0 Å². The molecule has 26 heavy (non-hydrogen) atoms. The van der Waals surface area contributed by atoms with Crippen LogP contribution in [0.2, 0.25) is 0 Å². The summed E-state index contributed by atoms with van der Waals surface area (Å²) in [6.45, 7) is 0.551. The van der Waals surface area contributed by atoms with E-state index in [1.54, 1.807) is 24.3 Å². The molecular weight excluding hydrogens is 373 g/mol. The Morgan fingerprint density at radius 3 is 2.65 bits per heavy atom. The lowest BCUT2D eigenvalue weighted by molar-refractivity contribution is -0.182. The molecule has 2 N–H and O–H groups in total. The Labute approximate surface area is 148 Å². The average Bonchev–Trinajstić information content (AvgIpc) is 2.97. The first-order valence-corrected chi connectivity index (χ1v) is 9.73. The molecule has 1 aliphatic heterocycles. The maximum absolute atomic E-state index is 13.3. The van der Waals surface area contributed by atoms with E-state index in [9.17, 15) is 21.6 Å². The van der Waals surface area contributed by atoms with Crippen LogP contribution in [0.15, 0.2) is 28.8 Å². The van der Waals surface area contributed by atoms with Crippen molar-refractivity contribution in [2.45, 2.75) is 18.0 Å². The van der Waals surface area contributed by atoms with E-state index in [1.165, 1.54) is 4.90 Å². The van der Waals surface area contributed by atoms with Crippen molar-refractivity contribution < 1.29 is 26.1 Å². The van der Waals surface area contributed by atoms with E-state index in [4.69, 9.17) is 4.52 Å². The molecule has 1 aromatic heterocycles. The van der Waals surface area contributed by atoms with Crippen molar-refractivity contribution in [1.82, 2.24) is 20.1 Å². The van der Waals surface area contributed by atoms with Gasteiger partial charge in [0, 0.05) is 38.1 Å². The summed E-state index contributed by atoms with van der Waals surface area (Å²) >= 11 is 0. The molecule has 0 spiro atoms. The van der Waals surface area contributed by atoms with Gasteiger partial charge in [-0.15, -0.1) is 0 Å². The molecule has 1 aromatic carbocycles. The summed E-state index contributed by atoms with van der Waals surface area (Å²) in [4.78, 5) is 1.24. The fourth-order valence-corrected chi connectivity index (χ4v) is 4.01. The van der Waals surface area contributed by atoms with Crippen LogP contribution >= 0.6 is 0 Å². The first kappa shape index (κ1) is 19.1. The maximum Gasteiger partial charge on any atom is 0.405 e. The van der Waals surface area contributed by atoms with Gasteiger partial charge in [0.1, 0.15) is 17.5 Å². The number of sulfonamides is 1. The lowest BCUT2D eigenvalue weighted by atomic mass is 10.2. The van der Waals surface area contributed by atoms with Gasteiger partial charge < -0.3 is 9.84 Å². The van der Waals surface area contributed by atoms with Crippen LogP contribution in [-0.4, -0.2) is 63.4 Å². The monoisotopic (exact) mass is 392 g/mol. The van der Waals surface area contributed by atoms with Crippen molar-refractivity contribution in [3.8, 4) is 0 Å². The largest absolute Gasteiger partial charge is 0.405 e. The molecule has 1 unspecified atom stereocenters. The third-order valence-electron chi connectivity index (χ3n) is 4.25. The molecule has 144 valence electrons. The fourth-order valence-electron chi connectivity index (χ4n) is 2.92. The van der Waals surface area contributed by atoms with Crippen LogP contribution in [0.4, 0.5) is 13.2 Å². The van der Waals surface area contributed by atoms with E-state index in [2.05, 4.69) is 15.2 Å². The predicted molar refractivity (Wildman–Crippen MR) is 88.9 cm³/mol. The van der Waals surface area contributed by atoms with Crippen LogP contribution in [0.3, 0.4) is 0 Å². The number of piperazine rings is 1. The lowest BCUT2D eigenvalue weighted by Crippen LogP contribution is -2.57.